The summed E-state index contributed by atoms with van der Waals surface area (Å²) in [5.41, 5.74) is 0.435. The minimum absolute atomic E-state index is 0.0593. The zero-order chi connectivity index (χ0) is 27.2. The zero-order valence-electron chi connectivity index (χ0n) is 22.8. The van der Waals surface area contributed by atoms with E-state index in [1.54, 1.807) is 23.5 Å². The third kappa shape index (κ3) is 7.85. The topological polar surface area (TPSA) is 83.6 Å². The summed E-state index contributed by atoms with van der Waals surface area (Å²) < 4.78 is 5.49. The van der Waals surface area contributed by atoms with Gasteiger partial charge in [0.25, 0.3) is 0 Å². The van der Waals surface area contributed by atoms with Crippen LogP contribution in [0.2, 0.25) is 5.02 Å². The van der Waals surface area contributed by atoms with Gasteiger partial charge in [0.05, 0.1) is 0 Å². The maximum atomic E-state index is 13.8. The number of piperidine rings is 1. The molecule has 1 saturated carbocycles. The van der Waals surface area contributed by atoms with Crippen molar-refractivity contribution in [3.63, 3.8) is 0 Å². The molecule has 2 aromatic rings. The molecular weight excluding hydrogens is 520 g/mol. The smallest absolute Gasteiger partial charge is 0.408 e. The lowest BCUT2D eigenvalue weighted by atomic mass is 9.63. The van der Waals surface area contributed by atoms with Gasteiger partial charge in [-0.1, -0.05) is 43.0 Å². The molecule has 2 amide bonds. The van der Waals surface area contributed by atoms with Gasteiger partial charge in [-0.3, -0.25) is 4.79 Å². The molecule has 208 valence electrons. The summed E-state index contributed by atoms with van der Waals surface area (Å²) in [5.74, 6) is 0.599. The molecule has 0 bridgehead atoms. The van der Waals surface area contributed by atoms with Crippen LogP contribution in [-0.2, 0) is 16.0 Å². The second kappa shape index (κ2) is 12.7. The maximum Gasteiger partial charge on any atom is 0.408 e. The first-order valence-electron chi connectivity index (χ1n) is 13.8. The zero-order valence-corrected chi connectivity index (χ0v) is 24.4. The third-order valence-corrected chi connectivity index (χ3v) is 8.89. The summed E-state index contributed by atoms with van der Waals surface area (Å²) in [6.45, 7) is 7.70. The number of hydrogen-bond acceptors (Lipinski definition) is 6. The van der Waals surface area contributed by atoms with Crippen molar-refractivity contribution in [1.82, 2.24) is 15.2 Å². The summed E-state index contributed by atoms with van der Waals surface area (Å²) >= 11 is 7.70. The number of carbonyl (C=O) groups is 2. The van der Waals surface area contributed by atoms with Gasteiger partial charge in [-0.05, 0) is 75.5 Å². The standard InChI is InChI=1S/C29H41ClN4O3S/c1-28(2,3)37-27(36)33-24(19-21-9-11-23(30)12-10-21)25(35)34-16-13-29(14-17-34,22-7-5-4-6-8-22)20-32-26-31-15-18-38-26/h9-12,15,18,22,24H,4-8,13-14,16-17,19-20H2,1-3H3,(H,31,32)(H,33,36). The highest BCUT2D eigenvalue weighted by molar-refractivity contribution is 7.13. The molecule has 2 fully saturated rings. The van der Waals surface area contributed by atoms with Crippen molar-refractivity contribution in [1.29, 1.82) is 0 Å². The number of likely N-dealkylation sites (tertiary alicyclic amines) is 1. The van der Waals surface area contributed by atoms with Crippen LogP contribution in [0.1, 0.15) is 71.3 Å². The van der Waals surface area contributed by atoms with Gasteiger partial charge in [-0.2, -0.15) is 0 Å². The molecule has 1 aliphatic carbocycles. The van der Waals surface area contributed by atoms with E-state index in [9.17, 15) is 9.59 Å². The van der Waals surface area contributed by atoms with Crippen molar-refractivity contribution < 1.29 is 14.3 Å². The Morgan fingerprint density at radius 3 is 2.45 bits per heavy atom. The van der Waals surface area contributed by atoms with Crippen molar-refractivity contribution in [3.05, 3.63) is 46.4 Å². The predicted octanol–water partition coefficient (Wildman–Crippen LogP) is 6.53. The average molecular weight is 561 g/mol. The Morgan fingerprint density at radius 2 is 1.84 bits per heavy atom. The molecule has 4 rings (SSSR count). The molecule has 1 atom stereocenters. The maximum absolute atomic E-state index is 13.8. The van der Waals surface area contributed by atoms with E-state index in [1.807, 2.05) is 49.4 Å². The molecular formula is C29H41ClN4O3S. The Balaban J connectivity index is 1.46. The molecule has 2 N–H and O–H groups in total. The second-order valence-corrected chi connectivity index (χ2v) is 13.1. The van der Waals surface area contributed by atoms with Crippen LogP contribution in [0.15, 0.2) is 35.8 Å². The fourth-order valence-electron chi connectivity index (χ4n) is 5.91. The fourth-order valence-corrected chi connectivity index (χ4v) is 6.56. The summed E-state index contributed by atoms with van der Waals surface area (Å²) in [7, 11) is 0. The SMILES string of the molecule is CC(C)(C)OC(=O)NC(Cc1ccc(Cl)cc1)C(=O)N1CCC(CNc2nccs2)(C2CCCCC2)CC1. The normalized spacial score (nSPS) is 19.0. The minimum Gasteiger partial charge on any atom is -0.444 e. The lowest BCUT2D eigenvalue weighted by molar-refractivity contribution is -0.136. The Labute approximate surface area is 235 Å². The van der Waals surface area contributed by atoms with Gasteiger partial charge in [0.2, 0.25) is 5.91 Å². The van der Waals surface area contributed by atoms with Crippen molar-refractivity contribution in [3.8, 4) is 0 Å². The fraction of sp³-hybridized carbons (Fsp3) is 0.621. The van der Waals surface area contributed by atoms with Crippen LogP contribution in [0.25, 0.3) is 0 Å². The van der Waals surface area contributed by atoms with E-state index in [4.69, 9.17) is 16.3 Å². The van der Waals surface area contributed by atoms with Crippen LogP contribution in [0.4, 0.5) is 9.93 Å². The van der Waals surface area contributed by atoms with E-state index >= 15 is 0 Å². The summed E-state index contributed by atoms with van der Waals surface area (Å²) in [6, 6.07) is 6.70. The Hall–Kier alpha value is -2.32. The Morgan fingerprint density at radius 1 is 1.16 bits per heavy atom. The van der Waals surface area contributed by atoms with E-state index in [2.05, 4.69) is 15.6 Å². The number of anilines is 1. The van der Waals surface area contributed by atoms with Crippen LogP contribution in [0, 0.1) is 11.3 Å². The highest BCUT2D eigenvalue weighted by atomic mass is 35.5. The lowest BCUT2D eigenvalue weighted by Gasteiger charge is -2.48. The van der Waals surface area contributed by atoms with Gasteiger partial charge >= 0.3 is 6.09 Å². The highest BCUT2D eigenvalue weighted by Crippen LogP contribution is 2.46. The largest absolute Gasteiger partial charge is 0.444 e. The number of thiazole rings is 1. The van der Waals surface area contributed by atoms with Gasteiger partial charge < -0.3 is 20.3 Å². The Kier molecular flexibility index (Phi) is 9.58. The number of nitrogens with zero attached hydrogens (tertiary/aromatic N) is 2. The highest BCUT2D eigenvalue weighted by Gasteiger charge is 2.43. The van der Waals surface area contributed by atoms with Gasteiger partial charge in [0.1, 0.15) is 11.6 Å². The van der Waals surface area contributed by atoms with Crippen LogP contribution in [0.5, 0.6) is 0 Å². The number of rotatable bonds is 8. The Bertz CT molecular complexity index is 1040. The van der Waals surface area contributed by atoms with E-state index in [-0.39, 0.29) is 11.3 Å². The number of alkyl carbamates (subject to hydrolysis) is 1. The average Bonchev–Trinajstić information content (AvgIpc) is 3.42. The van der Waals surface area contributed by atoms with Crippen molar-refractivity contribution in [2.24, 2.45) is 11.3 Å². The van der Waals surface area contributed by atoms with Gasteiger partial charge in [0.15, 0.2) is 5.13 Å². The van der Waals surface area contributed by atoms with Crippen molar-refractivity contribution >= 4 is 40.1 Å². The van der Waals surface area contributed by atoms with E-state index in [0.717, 1.165) is 30.1 Å². The first kappa shape index (κ1) is 28.7. The molecule has 1 saturated heterocycles. The summed E-state index contributed by atoms with van der Waals surface area (Å²) in [6.07, 6.45) is 9.94. The first-order chi connectivity index (χ1) is 18.1. The van der Waals surface area contributed by atoms with E-state index in [0.29, 0.717) is 30.5 Å². The monoisotopic (exact) mass is 560 g/mol. The second-order valence-electron chi connectivity index (χ2n) is 11.7. The molecule has 1 aromatic heterocycles. The molecule has 1 unspecified atom stereocenters. The molecule has 0 radical (unpaired) electrons. The number of amides is 2. The lowest BCUT2D eigenvalue weighted by Crippen LogP contribution is -2.55. The minimum atomic E-state index is -0.707. The molecule has 1 aromatic carbocycles. The van der Waals surface area contributed by atoms with Gasteiger partial charge in [-0.25, -0.2) is 9.78 Å². The number of nitrogens with one attached hydrogen (secondary N) is 2. The molecule has 0 spiro atoms. The quantitative estimate of drug-likeness (QED) is 0.383. The number of hydrogen-bond donors (Lipinski definition) is 2. The van der Waals surface area contributed by atoms with Gasteiger partial charge in [0, 0.05) is 42.7 Å². The van der Waals surface area contributed by atoms with Crippen LogP contribution in [0.3, 0.4) is 0 Å². The number of aromatic nitrogens is 1. The number of ether oxygens (including phenoxy) is 1. The predicted molar refractivity (Wildman–Crippen MR) is 154 cm³/mol. The van der Waals surface area contributed by atoms with E-state index < -0.39 is 17.7 Å². The first-order valence-corrected chi connectivity index (χ1v) is 15.1. The number of halogens is 1. The van der Waals surface area contributed by atoms with Gasteiger partial charge in [-0.15, -0.1) is 11.3 Å². The molecule has 7 nitrogen and oxygen atoms in total. The van der Waals surface area contributed by atoms with Crippen LogP contribution < -0.4 is 10.6 Å². The van der Waals surface area contributed by atoms with Crippen molar-refractivity contribution in [2.45, 2.75) is 83.8 Å². The van der Waals surface area contributed by atoms with Crippen molar-refractivity contribution in [2.75, 3.05) is 25.0 Å². The molecule has 2 aliphatic rings. The van der Waals surface area contributed by atoms with E-state index in [1.165, 1.54) is 32.1 Å². The molecule has 38 heavy (non-hydrogen) atoms. The van der Waals surface area contributed by atoms with Crippen LogP contribution >= 0.6 is 22.9 Å². The number of carbonyl (C=O) groups excluding carboxylic acids is 2. The molecule has 2 heterocycles. The summed E-state index contributed by atoms with van der Waals surface area (Å²) in [4.78, 5) is 32.8. The summed E-state index contributed by atoms with van der Waals surface area (Å²) in [5, 5.41) is 10.1. The molecule has 9 heteroatoms. The van der Waals surface area contributed by atoms with Crippen LogP contribution in [-0.4, -0.2) is 53.2 Å². The molecule has 1 aliphatic heterocycles. The number of benzene rings is 1. The third-order valence-electron chi connectivity index (χ3n) is 7.91.